The fraction of sp³-hybridized carbons (Fsp3) is 0.175. The van der Waals surface area contributed by atoms with Crippen LogP contribution in [0.5, 0.6) is 0 Å². The van der Waals surface area contributed by atoms with Crippen molar-refractivity contribution in [2.45, 2.75) is 29.5 Å². The van der Waals surface area contributed by atoms with Crippen molar-refractivity contribution >= 4 is 71.5 Å². The maximum Gasteiger partial charge on any atom is 0.337 e. The molecule has 6 aromatic rings. The zero-order valence-electron chi connectivity index (χ0n) is 28.5. The van der Waals surface area contributed by atoms with E-state index < -0.39 is 25.8 Å². The maximum absolute atomic E-state index is 13.8. The van der Waals surface area contributed by atoms with Crippen molar-refractivity contribution in [3.63, 3.8) is 0 Å². The maximum atomic E-state index is 13.8. The minimum Gasteiger partial charge on any atom is -0.465 e. The van der Waals surface area contributed by atoms with E-state index in [1.807, 2.05) is 72.8 Å². The Bertz CT molecular complexity index is 2430. The third-order valence-corrected chi connectivity index (χ3v) is 13.0. The summed E-state index contributed by atoms with van der Waals surface area (Å²) in [6.45, 7) is 0.0265. The fourth-order valence-corrected chi connectivity index (χ4v) is 9.39. The van der Waals surface area contributed by atoms with Gasteiger partial charge in [-0.25, -0.2) is 26.4 Å². The van der Waals surface area contributed by atoms with Gasteiger partial charge in [0.15, 0.2) is 9.84 Å². The van der Waals surface area contributed by atoms with E-state index in [0.717, 1.165) is 33.3 Å². The Morgan fingerprint density at radius 1 is 0.755 bits per heavy atom. The first kappa shape index (κ1) is 38.6. The van der Waals surface area contributed by atoms with E-state index in [1.54, 1.807) is 18.2 Å². The Kier molecular flexibility index (Phi) is 12.0. The molecular formula is C40H35Cl3N2O6S2. The van der Waals surface area contributed by atoms with Crippen molar-refractivity contribution < 1.29 is 26.4 Å². The highest BCUT2D eigenvalue weighted by molar-refractivity contribution is 7.91. The van der Waals surface area contributed by atoms with Crippen LogP contribution in [0.15, 0.2) is 126 Å². The third-order valence-electron chi connectivity index (χ3n) is 8.95. The minimum atomic E-state index is -3.83. The van der Waals surface area contributed by atoms with Crippen LogP contribution in [0, 0.1) is 0 Å². The lowest BCUT2D eigenvalue weighted by atomic mass is 9.97. The summed E-state index contributed by atoms with van der Waals surface area (Å²) >= 11 is 18.8. The van der Waals surface area contributed by atoms with Crippen LogP contribution >= 0.6 is 34.8 Å². The number of sulfone groups is 1. The molecule has 0 aliphatic rings. The predicted molar refractivity (Wildman–Crippen MR) is 211 cm³/mol. The van der Waals surface area contributed by atoms with Gasteiger partial charge in [0, 0.05) is 34.6 Å². The van der Waals surface area contributed by atoms with Gasteiger partial charge >= 0.3 is 5.97 Å². The van der Waals surface area contributed by atoms with Crippen LogP contribution in [0.3, 0.4) is 0 Å². The smallest absolute Gasteiger partial charge is 0.337 e. The number of halogens is 3. The lowest BCUT2D eigenvalue weighted by Gasteiger charge is -2.25. The summed E-state index contributed by atoms with van der Waals surface area (Å²) in [6.07, 6.45) is 0.332. The SMILES string of the molecule is COC(=O)c1ccc(S(=O)(=O)CCc2c(CCNS(=O)(=O)Cc3ccc(Cl)c(Cl)c3)n(C(c3ccccc3)c3ccccc3)c3ccc(Cl)cc23)cc1. The first-order chi connectivity index (χ1) is 25.4. The summed E-state index contributed by atoms with van der Waals surface area (Å²) in [4.78, 5) is 12.0. The summed E-state index contributed by atoms with van der Waals surface area (Å²) in [5.74, 6) is -1.13. The van der Waals surface area contributed by atoms with Crippen LogP contribution in [-0.2, 0) is 43.2 Å². The first-order valence-corrected chi connectivity index (χ1v) is 21.0. The molecule has 0 bridgehead atoms. The van der Waals surface area contributed by atoms with E-state index in [-0.39, 0.29) is 52.4 Å². The molecule has 6 rings (SSSR count). The monoisotopic (exact) mass is 808 g/mol. The number of rotatable bonds is 14. The Morgan fingerprint density at radius 2 is 1.40 bits per heavy atom. The molecule has 1 heterocycles. The fourth-order valence-electron chi connectivity index (χ4n) is 6.51. The molecule has 0 saturated heterocycles. The van der Waals surface area contributed by atoms with Gasteiger partial charge in [-0.1, -0.05) is 102 Å². The first-order valence-electron chi connectivity index (χ1n) is 16.6. The zero-order valence-corrected chi connectivity index (χ0v) is 32.4. The number of ether oxygens (including phenoxy) is 1. The van der Waals surface area contributed by atoms with Gasteiger partial charge in [-0.15, -0.1) is 0 Å². The third kappa shape index (κ3) is 8.97. The standard InChI is InChI=1S/C40H35Cl3N2O6S2/c1-51-40(46)30-13-16-32(17-14-30)52(47,48)23-21-33-34-25-31(41)15-19-37(34)45(39(28-8-4-2-5-9-28)29-10-6-3-7-11-29)38(33)20-22-44-53(49,50)26-27-12-18-35(42)36(43)24-27/h2-19,24-25,39,44H,20-23,26H2,1H3. The van der Waals surface area contributed by atoms with E-state index in [1.165, 1.54) is 37.4 Å². The molecule has 53 heavy (non-hydrogen) atoms. The van der Waals surface area contributed by atoms with Gasteiger partial charge in [0.1, 0.15) is 0 Å². The lowest BCUT2D eigenvalue weighted by Crippen LogP contribution is -2.28. The number of esters is 1. The summed E-state index contributed by atoms with van der Waals surface area (Å²) in [6, 6.07) is 35.4. The molecule has 1 aromatic heterocycles. The molecule has 8 nitrogen and oxygen atoms in total. The second kappa shape index (κ2) is 16.5. The van der Waals surface area contributed by atoms with Crippen LogP contribution < -0.4 is 4.72 Å². The van der Waals surface area contributed by atoms with E-state index in [9.17, 15) is 21.6 Å². The highest BCUT2D eigenvalue weighted by atomic mass is 35.5. The molecule has 13 heteroatoms. The molecular weight excluding hydrogens is 775 g/mol. The van der Waals surface area contributed by atoms with Crippen LogP contribution in [0.4, 0.5) is 0 Å². The number of aromatic nitrogens is 1. The van der Waals surface area contributed by atoms with Crippen molar-refractivity contribution in [1.82, 2.24) is 9.29 Å². The van der Waals surface area contributed by atoms with Gasteiger partial charge in [0.2, 0.25) is 10.0 Å². The largest absolute Gasteiger partial charge is 0.465 e. The highest BCUT2D eigenvalue weighted by Gasteiger charge is 2.27. The van der Waals surface area contributed by atoms with E-state index in [4.69, 9.17) is 39.5 Å². The molecule has 0 spiro atoms. The molecule has 0 amide bonds. The molecule has 274 valence electrons. The number of sulfonamides is 1. The Labute approximate surface area is 324 Å². The van der Waals surface area contributed by atoms with Crippen LogP contribution in [0.25, 0.3) is 10.9 Å². The second-order valence-corrected chi connectivity index (χ2v) is 17.6. The number of hydrogen-bond donors (Lipinski definition) is 1. The van der Waals surface area contributed by atoms with Crippen molar-refractivity contribution in [3.8, 4) is 0 Å². The van der Waals surface area contributed by atoms with Crippen molar-refractivity contribution in [2.24, 2.45) is 0 Å². The molecule has 0 radical (unpaired) electrons. The van der Waals surface area contributed by atoms with Gasteiger partial charge in [-0.3, -0.25) is 0 Å². The molecule has 0 aliphatic carbocycles. The number of nitrogens with zero attached hydrogens (tertiary/aromatic N) is 1. The molecule has 0 unspecified atom stereocenters. The normalized spacial score (nSPS) is 12.0. The molecule has 0 aliphatic heterocycles. The zero-order chi connectivity index (χ0) is 37.8. The number of hydrogen-bond acceptors (Lipinski definition) is 6. The Hall–Kier alpha value is -4.16. The summed E-state index contributed by atoms with van der Waals surface area (Å²) in [7, 11) is -6.39. The minimum absolute atomic E-state index is 0.0265. The number of carbonyl (C=O) groups excluding carboxylic acids is 1. The number of aryl methyl sites for hydroxylation is 1. The number of carbonyl (C=O) groups is 1. The van der Waals surface area contributed by atoms with Gasteiger partial charge in [0.05, 0.1) is 45.2 Å². The second-order valence-electron chi connectivity index (χ2n) is 12.4. The Morgan fingerprint density at radius 3 is 2.00 bits per heavy atom. The molecule has 5 aromatic carbocycles. The van der Waals surface area contributed by atoms with Gasteiger partial charge in [-0.05, 0) is 83.3 Å². The van der Waals surface area contributed by atoms with Gasteiger partial charge in [-0.2, -0.15) is 0 Å². The van der Waals surface area contributed by atoms with Gasteiger partial charge in [0.25, 0.3) is 0 Å². The van der Waals surface area contributed by atoms with Crippen LogP contribution in [-0.4, -0.2) is 46.8 Å². The molecule has 0 saturated carbocycles. The number of nitrogens with one attached hydrogen (secondary N) is 1. The van der Waals surface area contributed by atoms with Crippen molar-refractivity contribution in [3.05, 3.63) is 170 Å². The quantitative estimate of drug-likeness (QED) is 0.110. The molecule has 1 N–H and O–H groups in total. The lowest BCUT2D eigenvalue weighted by molar-refractivity contribution is 0.0600. The predicted octanol–water partition coefficient (Wildman–Crippen LogP) is 8.70. The van der Waals surface area contributed by atoms with Crippen LogP contribution in [0.2, 0.25) is 15.1 Å². The highest BCUT2D eigenvalue weighted by Crippen LogP contribution is 2.38. The average Bonchev–Trinajstić information content (AvgIpc) is 3.44. The van der Waals surface area contributed by atoms with E-state index >= 15 is 0 Å². The number of benzene rings is 5. The number of fused-ring (bicyclic) bond motifs is 1. The van der Waals surface area contributed by atoms with Crippen LogP contribution in [0.1, 0.15) is 44.3 Å². The average molecular weight is 810 g/mol. The number of methoxy groups -OCH3 is 1. The van der Waals surface area contributed by atoms with Crippen molar-refractivity contribution in [1.29, 1.82) is 0 Å². The van der Waals surface area contributed by atoms with Gasteiger partial charge < -0.3 is 9.30 Å². The summed E-state index contributed by atoms with van der Waals surface area (Å²) in [5, 5.41) is 1.82. The topological polar surface area (TPSA) is 112 Å². The molecule has 0 fully saturated rings. The van der Waals surface area contributed by atoms with E-state index in [2.05, 4.69) is 9.29 Å². The Balaban J connectivity index is 1.43. The molecule has 0 atom stereocenters. The van der Waals surface area contributed by atoms with Crippen molar-refractivity contribution in [2.75, 3.05) is 19.4 Å². The summed E-state index contributed by atoms with van der Waals surface area (Å²) in [5.41, 5.74) is 4.99. The summed E-state index contributed by atoms with van der Waals surface area (Å²) < 4.78 is 63.8. The van der Waals surface area contributed by atoms with E-state index in [0.29, 0.717) is 15.6 Å².